The van der Waals surface area contributed by atoms with Crippen LogP contribution < -0.4 is 0 Å². The molecule has 0 saturated heterocycles. The highest BCUT2D eigenvalue weighted by atomic mass is 16.5. The SMILES string of the molecule is Cc1cnn(-c2ccccc2-c2cc(C(=O)O)no2)c1. The Kier molecular flexibility index (Phi) is 2.83. The van der Waals surface area contributed by atoms with Crippen molar-refractivity contribution in [3.8, 4) is 17.0 Å². The van der Waals surface area contributed by atoms with Gasteiger partial charge in [-0.3, -0.25) is 0 Å². The lowest BCUT2D eigenvalue weighted by atomic mass is 10.1. The summed E-state index contributed by atoms with van der Waals surface area (Å²) >= 11 is 0. The van der Waals surface area contributed by atoms with Gasteiger partial charge in [-0.1, -0.05) is 17.3 Å². The number of carboxylic acids is 1. The molecule has 1 aromatic carbocycles. The van der Waals surface area contributed by atoms with Gasteiger partial charge < -0.3 is 9.63 Å². The summed E-state index contributed by atoms with van der Waals surface area (Å²) in [5, 5.41) is 16.7. The van der Waals surface area contributed by atoms with Crippen molar-refractivity contribution in [3.05, 3.63) is 54.0 Å². The van der Waals surface area contributed by atoms with Crippen molar-refractivity contribution in [2.24, 2.45) is 0 Å². The number of aryl methyl sites for hydroxylation is 1. The number of carbonyl (C=O) groups is 1. The molecule has 1 N–H and O–H groups in total. The average Bonchev–Trinajstić information content (AvgIpc) is 3.07. The van der Waals surface area contributed by atoms with Crippen molar-refractivity contribution >= 4 is 5.97 Å². The number of aromatic nitrogens is 3. The van der Waals surface area contributed by atoms with Gasteiger partial charge in [0.1, 0.15) is 0 Å². The maximum absolute atomic E-state index is 10.9. The first-order chi connectivity index (χ1) is 9.65. The number of rotatable bonds is 3. The lowest BCUT2D eigenvalue weighted by molar-refractivity contribution is 0.0686. The molecule has 0 aliphatic rings. The molecule has 0 radical (unpaired) electrons. The minimum Gasteiger partial charge on any atom is -0.476 e. The van der Waals surface area contributed by atoms with E-state index >= 15 is 0 Å². The third-order valence-corrected chi connectivity index (χ3v) is 2.86. The monoisotopic (exact) mass is 269 g/mol. The average molecular weight is 269 g/mol. The molecule has 0 saturated carbocycles. The Morgan fingerprint density at radius 3 is 2.80 bits per heavy atom. The highest BCUT2D eigenvalue weighted by molar-refractivity contribution is 5.87. The largest absolute Gasteiger partial charge is 0.476 e. The van der Waals surface area contributed by atoms with Crippen LogP contribution in [-0.4, -0.2) is 26.0 Å². The van der Waals surface area contributed by atoms with Crippen LogP contribution in [0.1, 0.15) is 16.1 Å². The zero-order chi connectivity index (χ0) is 14.1. The Balaban J connectivity index is 2.11. The summed E-state index contributed by atoms with van der Waals surface area (Å²) in [6.45, 7) is 1.95. The second kappa shape index (κ2) is 4.65. The molecule has 2 heterocycles. The Bertz CT molecular complexity index is 773. The second-order valence-corrected chi connectivity index (χ2v) is 4.36. The summed E-state index contributed by atoms with van der Waals surface area (Å²) in [4.78, 5) is 10.9. The molecule has 0 bridgehead atoms. The molecule has 0 aliphatic carbocycles. The van der Waals surface area contributed by atoms with Gasteiger partial charge in [-0.15, -0.1) is 0 Å². The van der Waals surface area contributed by atoms with Crippen LogP contribution in [0.4, 0.5) is 0 Å². The molecule has 20 heavy (non-hydrogen) atoms. The van der Waals surface area contributed by atoms with Crippen molar-refractivity contribution in [1.82, 2.24) is 14.9 Å². The fourth-order valence-corrected chi connectivity index (χ4v) is 1.93. The number of hydrogen-bond donors (Lipinski definition) is 1. The fraction of sp³-hybridized carbons (Fsp3) is 0.0714. The van der Waals surface area contributed by atoms with Crippen LogP contribution in [0.5, 0.6) is 0 Å². The quantitative estimate of drug-likeness (QED) is 0.790. The number of para-hydroxylation sites is 1. The molecule has 0 atom stereocenters. The topological polar surface area (TPSA) is 81.2 Å². The normalized spacial score (nSPS) is 10.7. The van der Waals surface area contributed by atoms with Crippen LogP contribution in [0.3, 0.4) is 0 Å². The molecular formula is C14H11N3O3. The highest BCUT2D eigenvalue weighted by Gasteiger charge is 2.15. The molecule has 100 valence electrons. The van der Waals surface area contributed by atoms with Crippen molar-refractivity contribution < 1.29 is 14.4 Å². The Morgan fingerprint density at radius 2 is 2.15 bits per heavy atom. The van der Waals surface area contributed by atoms with Gasteiger partial charge in [0.05, 0.1) is 11.9 Å². The standard InChI is InChI=1S/C14H11N3O3/c1-9-7-15-17(8-9)12-5-3-2-4-10(12)13-6-11(14(18)19)16-20-13/h2-8H,1H3,(H,18,19). The van der Waals surface area contributed by atoms with Gasteiger partial charge in [0, 0.05) is 17.8 Å². The van der Waals surface area contributed by atoms with Crippen LogP contribution in [0.25, 0.3) is 17.0 Å². The van der Waals surface area contributed by atoms with Crippen molar-refractivity contribution in [1.29, 1.82) is 0 Å². The predicted octanol–water partition coefficient (Wildman–Crippen LogP) is 2.53. The van der Waals surface area contributed by atoms with Gasteiger partial charge in [-0.25, -0.2) is 9.48 Å². The first-order valence-corrected chi connectivity index (χ1v) is 5.96. The van der Waals surface area contributed by atoms with Crippen LogP contribution in [-0.2, 0) is 0 Å². The lowest BCUT2D eigenvalue weighted by Gasteiger charge is -2.06. The zero-order valence-corrected chi connectivity index (χ0v) is 10.6. The van der Waals surface area contributed by atoms with Crippen molar-refractivity contribution in [2.45, 2.75) is 6.92 Å². The smallest absolute Gasteiger partial charge is 0.358 e. The van der Waals surface area contributed by atoms with Crippen molar-refractivity contribution in [2.75, 3.05) is 0 Å². The molecule has 3 aromatic rings. The molecule has 3 rings (SSSR count). The highest BCUT2D eigenvalue weighted by Crippen LogP contribution is 2.27. The minimum atomic E-state index is -1.12. The van der Waals surface area contributed by atoms with E-state index in [0.29, 0.717) is 5.76 Å². The molecule has 6 nitrogen and oxygen atoms in total. The van der Waals surface area contributed by atoms with Gasteiger partial charge in [-0.05, 0) is 24.6 Å². The minimum absolute atomic E-state index is 0.119. The maximum Gasteiger partial charge on any atom is 0.358 e. The van der Waals surface area contributed by atoms with Crippen molar-refractivity contribution in [3.63, 3.8) is 0 Å². The van der Waals surface area contributed by atoms with Crippen LogP contribution >= 0.6 is 0 Å². The summed E-state index contributed by atoms with van der Waals surface area (Å²) in [6.07, 6.45) is 3.63. The van der Waals surface area contributed by atoms with E-state index in [1.165, 1.54) is 6.07 Å². The fourth-order valence-electron chi connectivity index (χ4n) is 1.93. The van der Waals surface area contributed by atoms with Crippen LogP contribution in [0, 0.1) is 6.92 Å². The molecular weight excluding hydrogens is 258 g/mol. The van der Waals surface area contributed by atoms with E-state index in [1.807, 2.05) is 37.4 Å². The molecule has 0 unspecified atom stereocenters. The number of aromatic carboxylic acids is 1. The third kappa shape index (κ3) is 2.07. The summed E-state index contributed by atoms with van der Waals surface area (Å²) < 4.78 is 6.82. The van der Waals surface area contributed by atoms with Gasteiger partial charge in [-0.2, -0.15) is 5.10 Å². The summed E-state index contributed by atoms with van der Waals surface area (Å²) in [5.74, 6) is -0.724. The van der Waals surface area contributed by atoms with Gasteiger partial charge in [0.15, 0.2) is 11.5 Å². The van der Waals surface area contributed by atoms with Gasteiger partial charge in [0.2, 0.25) is 0 Å². The molecule has 0 aliphatic heterocycles. The number of hydrogen-bond acceptors (Lipinski definition) is 4. The number of nitrogens with zero attached hydrogens (tertiary/aromatic N) is 3. The van der Waals surface area contributed by atoms with E-state index in [4.69, 9.17) is 9.63 Å². The molecule has 0 fully saturated rings. The van der Waals surface area contributed by atoms with E-state index in [2.05, 4.69) is 10.3 Å². The summed E-state index contributed by atoms with van der Waals surface area (Å²) in [6, 6.07) is 8.84. The first kappa shape index (κ1) is 12.2. The molecule has 6 heteroatoms. The molecule has 0 spiro atoms. The van der Waals surface area contributed by atoms with E-state index in [0.717, 1.165) is 16.8 Å². The Labute approximate surface area is 114 Å². The third-order valence-electron chi connectivity index (χ3n) is 2.86. The van der Waals surface area contributed by atoms with Gasteiger partial charge in [0.25, 0.3) is 0 Å². The zero-order valence-electron chi connectivity index (χ0n) is 10.6. The molecule has 2 aromatic heterocycles. The molecule has 0 amide bonds. The van der Waals surface area contributed by atoms with E-state index in [1.54, 1.807) is 10.9 Å². The van der Waals surface area contributed by atoms with Crippen LogP contribution in [0.15, 0.2) is 47.2 Å². The van der Waals surface area contributed by atoms with Gasteiger partial charge >= 0.3 is 5.97 Å². The Hall–Kier alpha value is -2.89. The number of benzene rings is 1. The van der Waals surface area contributed by atoms with E-state index in [9.17, 15) is 4.79 Å². The van der Waals surface area contributed by atoms with E-state index in [-0.39, 0.29) is 5.69 Å². The lowest BCUT2D eigenvalue weighted by Crippen LogP contribution is -1.97. The number of carboxylic acid groups (broad SMARTS) is 1. The van der Waals surface area contributed by atoms with E-state index < -0.39 is 5.97 Å². The predicted molar refractivity (Wildman–Crippen MR) is 70.8 cm³/mol. The summed E-state index contributed by atoms with van der Waals surface area (Å²) in [7, 11) is 0. The second-order valence-electron chi connectivity index (χ2n) is 4.36. The Morgan fingerprint density at radius 1 is 1.35 bits per heavy atom. The summed E-state index contributed by atoms with van der Waals surface area (Å²) in [5.41, 5.74) is 2.44. The first-order valence-electron chi connectivity index (χ1n) is 5.96. The maximum atomic E-state index is 10.9. The van der Waals surface area contributed by atoms with Crippen LogP contribution in [0.2, 0.25) is 0 Å².